The highest BCUT2D eigenvalue weighted by Gasteiger charge is 2.14. The summed E-state index contributed by atoms with van der Waals surface area (Å²) in [5.41, 5.74) is 1.70. The Balaban J connectivity index is 2.60. The largest absolute Gasteiger partial charge is 0.493 e. The molecule has 1 aromatic heterocycles. The molecule has 106 valence electrons. The van der Waals surface area contributed by atoms with Crippen LogP contribution in [0.4, 0.5) is 0 Å². The average Bonchev–Trinajstić information content (AvgIpc) is 2.46. The van der Waals surface area contributed by atoms with Gasteiger partial charge in [0.1, 0.15) is 5.15 Å². The van der Waals surface area contributed by atoms with E-state index in [9.17, 15) is 0 Å². The fourth-order valence-corrected chi connectivity index (χ4v) is 2.50. The molecule has 20 heavy (non-hydrogen) atoms. The molecule has 0 bridgehead atoms. The van der Waals surface area contributed by atoms with E-state index in [-0.39, 0.29) is 0 Å². The maximum absolute atomic E-state index is 6.04. The van der Waals surface area contributed by atoms with Crippen LogP contribution in [0.15, 0.2) is 22.7 Å². The highest BCUT2D eigenvalue weighted by atomic mass is 79.9. The number of aryl methyl sites for hydroxylation is 1. The van der Waals surface area contributed by atoms with E-state index in [0.29, 0.717) is 22.5 Å². The third kappa shape index (κ3) is 3.04. The van der Waals surface area contributed by atoms with E-state index in [4.69, 9.17) is 21.1 Å². The van der Waals surface area contributed by atoms with E-state index in [0.717, 1.165) is 22.2 Å². The van der Waals surface area contributed by atoms with Crippen LogP contribution in [-0.4, -0.2) is 24.2 Å². The van der Waals surface area contributed by atoms with Crippen molar-refractivity contribution in [2.75, 3.05) is 14.2 Å². The summed E-state index contributed by atoms with van der Waals surface area (Å²) < 4.78 is 11.4. The molecule has 0 spiro atoms. The first-order valence-corrected chi connectivity index (χ1v) is 7.21. The second-order valence-corrected chi connectivity index (χ2v) is 5.29. The first-order valence-electron chi connectivity index (χ1n) is 6.04. The molecular formula is C14H14BrClN2O2. The minimum Gasteiger partial charge on any atom is -0.493 e. The predicted octanol–water partition coefficient (Wildman–Crippen LogP) is 4.14. The molecule has 2 rings (SSSR count). The van der Waals surface area contributed by atoms with Crippen LogP contribution in [0.2, 0.25) is 5.15 Å². The van der Waals surface area contributed by atoms with Crippen LogP contribution >= 0.6 is 27.5 Å². The summed E-state index contributed by atoms with van der Waals surface area (Å²) in [4.78, 5) is 8.76. The predicted molar refractivity (Wildman–Crippen MR) is 82.7 cm³/mol. The molecule has 0 atom stereocenters. The highest BCUT2D eigenvalue weighted by molar-refractivity contribution is 9.10. The fourth-order valence-electron chi connectivity index (χ4n) is 1.79. The topological polar surface area (TPSA) is 44.2 Å². The molecule has 6 heteroatoms. The Morgan fingerprint density at radius 3 is 2.35 bits per heavy atom. The summed E-state index contributed by atoms with van der Waals surface area (Å²) in [7, 11) is 3.18. The van der Waals surface area contributed by atoms with Crippen molar-refractivity contribution in [1.82, 2.24) is 9.97 Å². The van der Waals surface area contributed by atoms with E-state index in [1.807, 2.05) is 19.1 Å². The first-order chi connectivity index (χ1) is 9.58. The van der Waals surface area contributed by atoms with Gasteiger partial charge in [0.05, 0.1) is 14.2 Å². The van der Waals surface area contributed by atoms with Gasteiger partial charge in [0.15, 0.2) is 17.3 Å². The normalized spacial score (nSPS) is 10.4. The van der Waals surface area contributed by atoms with Crippen molar-refractivity contribution in [3.05, 3.63) is 33.5 Å². The van der Waals surface area contributed by atoms with Crippen molar-refractivity contribution in [2.24, 2.45) is 0 Å². The first kappa shape index (κ1) is 15.1. The Hall–Kier alpha value is -1.33. The summed E-state index contributed by atoms with van der Waals surface area (Å²) in [5.74, 6) is 1.82. The molecule has 4 nitrogen and oxygen atoms in total. The van der Waals surface area contributed by atoms with Gasteiger partial charge in [0.2, 0.25) is 0 Å². The summed E-state index contributed by atoms with van der Waals surface area (Å²) in [5, 5.41) is 0.425. The SMILES string of the molecule is CCc1cc(Cl)nc(-c2cc(OC)c(OC)cc2Br)n1. The minimum atomic E-state index is 0.425. The molecule has 0 N–H and O–H groups in total. The molecular weight excluding hydrogens is 344 g/mol. The van der Waals surface area contributed by atoms with E-state index < -0.39 is 0 Å². The van der Waals surface area contributed by atoms with Crippen LogP contribution in [0.5, 0.6) is 11.5 Å². The van der Waals surface area contributed by atoms with E-state index in [1.165, 1.54) is 0 Å². The lowest BCUT2D eigenvalue weighted by molar-refractivity contribution is 0.355. The third-order valence-corrected chi connectivity index (χ3v) is 3.67. The lowest BCUT2D eigenvalue weighted by atomic mass is 10.1. The molecule has 0 aliphatic rings. The molecule has 0 radical (unpaired) electrons. The standard InChI is InChI=1S/C14H14BrClN2O2/c1-4-8-5-13(16)18-14(17-8)9-6-11(19-2)12(20-3)7-10(9)15/h5-7H,4H2,1-3H3. The van der Waals surface area contributed by atoms with E-state index >= 15 is 0 Å². The third-order valence-electron chi connectivity index (χ3n) is 2.82. The molecule has 1 aromatic carbocycles. The maximum Gasteiger partial charge on any atom is 0.162 e. The summed E-state index contributed by atoms with van der Waals surface area (Å²) in [6, 6.07) is 5.41. The lowest BCUT2D eigenvalue weighted by Crippen LogP contribution is -1.97. The van der Waals surface area contributed by atoms with Crippen molar-refractivity contribution in [1.29, 1.82) is 0 Å². The summed E-state index contributed by atoms with van der Waals surface area (Å²) in [6.07, 6.45) is 0.792. The van der Waals surface area contributed by atoms with Crippen molar-refractivity contribution >= 4 is 27.5 Å². The zero-order chi connectivity index (χ0) is 14.7. The number of ether oxygens (including phenoxy) is 2. The van der Waals surface area contributed by atoms with Gasteiger partial charge in [-0.1, -0.05) is 18.5 Å². The molecule has 0 saturated carbocycles. The van der Waals surface area contributed by atoms with Crippen LogP contribution in [-0.2, 0) is 6.42 Å². The maximum atomic E-state index is 6.04. The van der Waals surface area contributed by atoms with Gasteiger partial charge in [0, 0.05) is 15.7 Å². The summed E-state index contributed by atoms with van der Waals surface area (Å²) >= 11 is 9.54. The number of nitrogens with zero attached hydrogens (tertiary/aromatic N) is 2. The van der Waals surface area contributed by atoms with E-state index in [2.05, 4.69) is 25.9 Å². The van der Waals surface area contributed by atoms with E-state index in [1.54, 1.807) is 20.3 Å². The molecule has 0 aliphatic carbocycles. The number of benzene rings is 1. The molecule has 0 fully saturated rings. The molecule has 0 amide bonds. The van der Waals surface area contributed by atoms with Crippen molar-refractivity contribution in [3.8, 4) is 22.9 Å². The zero-order valence-corrected chi connectivity index (χ0v) is 13.7. The Labute approximate surface area is 131 Å². The smallest absolute Gasteiger partial charge is 0.162 e. The summed E-state index contributed by atoms with van der Waals surface area (Å²) in [6.45, 7) is 2.02. The van der Waals surface area contributed by atoms with Gasteiger partial charge in [-0.05, 0) is 40.5 Å². The lowest BCUT2D eigenvalue weighted by Gasteiger charge is -2.11. The second kappa shape index (κ2) is 6.41. The van der Waals surface area contributed by atoms with Crippen LogP contribution < -0.4 is 9.47 Å². The number of hydrogen-bond acceptors (Lipinski definition) is 4. The van der Waals surface area contributed by atoms with Crippen LogP contribution in [0.25, 0.3) is 11.4 Å². The number of rotatable bonds is 4. The molecule has 0 aliphatic heterocycles. The van der Waals surface area contributed by atoms with Crippen molar-refractivity contribution in [3.63, 3.8) is 0 Å². The van der Waals surface area contributed by atoms with Gasteiger partial charge in [-0.2, -0.15) is 0 Å². The molecule has 0 unspecified atom stereocenters. The zero-order valence-electron chi connectivity index (χ0n) is 11.4. The highest BCUT2D eigenvalue weighted by Crippen LogP contribution is 2.37. The number of aromatic nitrogens is 2. The van der Waals surface area contributed by atoms with Gasteiger partial charge >= 0.3 is 0 Å². The number of hydrogen-bond donors (Lipinski definition) is 0. The Morgan fingerprint density at radius 2 is 1.75 bits per heavy atom. The van der Waals surface area contributed by atoms with Gasteiger partial charge in [-0.15, -0.1) is 0 Å². The van der Waals surface area contributed by atoms with Crippen LogP contribution in [0.1, 0.15) is 12.6 Å². The van der Waals surface area contributed by atoms with Gasteiger partial charge in [-0.3, -0.25) is 0 Å². The molecule has 0 saturated heterocycles. The number of methoxy groups -OCH3 is 2. The minimum absolute atomic E-state index is 0.425. The Morgan fingerprint density at radius 1 is 1.10 bits per heavy atom. The fraction of sp³-hybridized carbons (Fsp3) is 0.286. The monoisotopic (exact) mass is 356 g/mol. The Bertz CT molecular complexity index is 635. The van der Waals surface area contributed by atoms with Crippen LogP contribution in [0.3, 0.4) is 0 Å². The average molecular weight is 358 g/mol. The quantitative estimate of drug-likeness (QED) is 0.771. The second-order valence-electron chi connectivity index (χ2n) is 4.05. The van der Waals surface area contributed by atoms with Gasteiger partial charge in [0.25, 0.3) is 0 Å². The Kier molecular flexibility index (Phi) is 4.83. The molecule has 1 heterocycles. The van der Waals surface area contributed by atoms with Crippen molar-refractivity contribution < 1.29 is 9.47 Å². The number of halogens is 2. The van der Waals surface area contributed by atoms with Gasteiger partial charge in [-0.25, -0.2) is 9.97 Å². The van der Waals surface area contributed by atoms with Gasteiger partial charge < -0.3 is 9.47 Å². The van der Waals surface area contributed by atoms with Crippen molar-refractivity contribution in [2.45, 2.75) is 13.3 Å². The van der Waals surface area contributed by atoms with Crippen LogP contribution in [0, 0.1) is 0 Å². The molecule has 2 aromatic rings.